The van der Waals surface area contributed by atoms with Gasteiger partial charge in [-0.1, -0.05) is 84.6 Å². The van der Waals surface area contributed by atoms with Crippen LogP contribution in [-0.4, -0.2) is 37.1 Å². The molecule has 0 radical (unpaired) electrons. The summed E-state index contributed by atoms with van der Waals surface area (Å²) in [6.45, 7) is 14.2. The lowest BCUT2D eigenvalue weighted by molar-refractivity contribution is -0.139. The predicted molar refractivity (Wildman–Crippen MR) is 118 cm³/mol. The lowest BCUT2D eigenvalue weighted by Crippen LogP contribution is -2.26. The van der Waals surface area contributed by atoms with Gasteiger partial charge in [-0.25, -0.2) is 4.79 Å². The van der Waals surface area contributed by atoms with E-state index in [1.807, 2.05) is 0 Å². The molecule has 0 aliphatic rings. The van der Waals surface area contributed by atoms with Crippen LogP contribution in [0, 0.1) is 0 Å². The van der Waals surface area contributed by atoms with Gasteiger partial charge in [0.2, 0.25) is 0 Å². The second-order valence-corrected chi connectivity index (χ2v) is 8.00. The van der Waals surface area contributed by atoms with Crippen molar-refractivity contribution in [2.45, 2.75) is 111 Å². The Kier molecular flexibility index (Phi) is 19.3. The first-order valence-electron chi connectivity index (χ1n) is 11.7. The predicted octanol–water partition coefficient (Wildman–Crippen LogP) is 6.91. The van der Waals surface area contributed by atoms with Gasteiger partial charge < -0.3 is 9.64 Å². The summed E-state index contributed by atoms with van der Waals surface area (Å²) in [6.07, 6.45) is 18.4. The van der Waals surface area contributed by atoms with Crippen LogP contribution in [0.2, 0.25) is 0 Å². The van der Waals surface area contributed by atoms with Crippen LogP contribution in [0.1, 0.15) is 111 Å². The lowest BCUT2D eigenvalue weighted by Gasteiger charge is -2.20. The van der Waals surface area contributed by atoms with Gasteiger partial charge >= 0.3 is 5.97 Å². The molecule has 160 valence electrons. The van der Waals surface area contributed by atoms with Gasteiger partial charge in [-0.05, 0) is 52.2 Å². The minimum atomic E-state index is -0.255. The Bertz CT molecular complexity index is 348. The first-order chi connectivity index (χ1) is 13.1. The molecule has 0 heterocycles. The van der Waals surface area contributed by atoms with E-state index in [2.05, 4.69) is 25.3 Å². The number of nitrogens with zero attached hydrogens (tertiary/aromatic N) is 1. The summed E-state index contributed by atoms with van der Waals surface area (Å²) in [5, 5.41) is 0. The number of rotatable bonds is 20. The van der Waals surface area contributed by atoms with Crippen molar-refractivity contribution in [2.75, 3.05) is 26.2 Å². The molecule has 0 saturated carbocycles. The van der Waals surface area contributed by atoms with E-state index in [-0.39, 0.29) is 5.97 Å². The molecule has 0 fully saturated rings. The van der Waals surface area contributed by atoms with Gasteiger partial charge in [-0.2, -0.15) is 0 Å². The number of ether oxygens (including phenoxy) is 1. The van der Waals surface area contributed by atoms with E-state index in [9.17, 15) is 4.79 Å². The Hall–Kier alpha value is -0.830. The van der Waals surface area contributed by atoms with Crippen molar-refractivity contribution in [3.05, 3.63) is 12.2 Å². The average Bonchev–Trinajstić information content (AvgIpc) is 2.64. The summed E-state index contributed by atoms with van der Waals surface area (Å²) >= 11 is 0. The van der Waals surface area contributed by atoms with E-state index < -0.39 is 0 Å². The Morgan fingerprint density at radius 3 is 1.52 bits per heavy atom. The first-order valence-corrected chi connectivity index (χ1v) is 11.7. The zero-order chi connectivity index (χ0) is 20.2. The summed E-state index contributed by atoms with van der Waals surface area (Å²) in [4.78, 5) is 13.8. The van der Waals surface area contributed by atoms with Crippen LogP contribution in [0.5, 0.6) is 0 Å². The number of unbranched alkanes of at least 4 members (excludes halogenated alkanes) is 11. The second kappa shape index (κ2) is 19.9. The smallest absolute Gasteiger partial charge is 0.333 e. The minimum absolute atomic E-state index is 0.255. The molecule has 0 aliphatic heterocycles. The van der Waals surface area contributed by atoms with Crippen molar-refractivity contribution in [1.29, 1.82) is 0 Å². The molecular weight excluding hydrogens is 334 g/mol. The molecule has 0 amide bonds. The van der Waals surface area contributed by atoms with E-state index >= 15 is 0 Å². The van der Waals surface area contributed by atoms with Crippen molar-refractivity contribution in [3.63, 3.8) is 0 Å². The van der Waals surface area contributed by atoms with Crippen LogP contribution in [-0.2, 0) is 9.53 Å². The molecule has 0 N–H and O–H groups in total. The second-order valence-electron chi connectivity index (χ2n) is 8.00. The molecule has 0 atom stereocenters. The molecule has 3 heteroatoms. The van der Waals surface area contributed by atoms with Gasteiger partial charge in [0.15, 0.2) is 0 Å². The van der Waals surface area contributed by atoms with Gasteiger partial charge in [0.25, 0.3) is 0 Å². The first kappa shape index (κ1) is 26.2. The van der Waals surface area contributed by atoms with Crippen molar-refractivity contribution in [1.82, 2.24) is 4.90 Å². The maximum absolute atomic E-state index is 11.2. The Balaban J connectivity index is 3.23. The summed E-state index contributed by atoms with van der Waals surface area (Å²) < 4.78 is 5.10. The average molecular weight is 382 g/mol. The topological polar surface area (TPSA) is 29.5 Å². The monoisotopic (exact) mass is 381 g/mol. The maximum atomic E-state index is 11.2. The quantitative estimate of drug-likeness (QED) is 0.130. The largest absolute Gasteiger partial charge is 0.462 e. The van der Waals surface area contributed by atoms with Gasteiger partial charge in [0.05, 0.1) is 6.61 Å². The van der Waals surface area contributed by atoms with E-state index in [4.69, 9.17) is 4.74 Å². The number of esters is 1. The fourth-order valence-electron chi connectivity index (χ4n) is 3.46. The summed E-state index contributed by atoms with van der Waals surface area (Å²) in [6, 6.07) is 0. The molecule has 0 unspecified atom stereocenters. The van der Waals surface area contributed by atoms with E-state index in [1.165, 1.54) is 96.7 Å². The van der Waals surface area contributed by atoms with Crippen molar-refractivity contribution in [2.24, 2.45) is 0 Å². The highest BCUT2D eigenvalue weighted by Crippen LogP contribution is 2.12. The minimum Gasteiger partial charge on any atom is -0.462 e. The highest BCUT2D eigenvalue weighted by atomic mass is 16.5. The van der Waals surface area contributed by atoms with Gasteiger partial charge in [-0.3, -0.25) is 0 Å². The number of hydrogen-bond donors (Lipinski definition) is 0. The highest BCUT2D eigenvalue weighted by molar-refractivity contribution is 5.86. The molecule has 0 saturated heterocycles. The third-order valence-corrected chi connectivity index (χ3v) is 5.03. The molecule has 0 bridgehead atoms. The molecule has 27 heavy (non-hydrogen) atoms. The standard InChI is InChI=1S/C24H47NO2/c1-5-19-25(20-6-2)21-17-15-13-11-9-7-8-10-12-14-16-18-22-27-24(26)23(3)4/h3,5-22H2,1-2,4H3. The zero-order valence-corrected chi connectivity index (χ0v) is 18.7. The van der Waals surface area contributed by atoms with Gasteiger partial charge in [0.1, 0.15) is 0 Å². The molecule has 0 aromatic carbocycles. The lowest BCUT2D eigenvalue weighted by atomic mass is 10.1. The fraction of sp³-hybridized carbons (Fsp3) is 0.875. The number of carbonyl (C=O) groups is 1. The van der Waals surface area contributed by atoms with E-state index in [0.717, 1.165) is 12.8 Å². The van der Waals surface area contributed by atoms with Gasteiger partial charge in [-0.15, -0.1) is 0 Å². The maximum Gasteiger partial charge on any atom is 0.333 e. The Morgan fingerprint density at radius 2 is 1.11 bits per heavy atom. The van der Waals surface area contributed by atoms with Gasteiger partial charge in [0, 0.05) is 5.57 Å². The normalized spacial score (nSPS) is 11.1. The van der Waals surface area contributed by atoms with Crippen LogP contribution >= 0.6 is 0 Å². The van der Waals surface area contributed by atoms with Crippen LogP contribution in [0.3, 0.4) is 0 Å². The highest BCUT2D eigenvalue weighted by Gasteiger charge is 2.02. The third-order valence-electron chi connectivity index (χ3n) is 5.03. The van der Waals surface area contributed by atoms with E-state index in [1.54, 1.807) is 6.92 Å². The summed E-state index contributed by atoms with van der Waals surface area (Å²) in [7, 11) is 0. The number of hydrogen-bond acceptors (Lipinski definition) is 3. The third kappa shape index (κ3) is 18.3. The Labute approximate surface area is 169 Å². The molecule has 0 aromatic heterocycles. The van der Waals surface area contributed by atoms with Crippen LogP contribution in [0.25, 0.3) is 0 Å². The molecule has 0 aromatic rings. The zero-order valence-electron chi connectivity index (χ0n) is 18.7. The van der Waals surface area contributed by atoms with Crippen molar-refractivity contribution >= 4 is 5.97 Å². The Morgan fingerprint density at radius 1 is 0.704 bits per heavy atom. The van der Waals surface area contributed by atoms with Crippen LogP contribution in [0.4, 0.5) is 0 Å². The molecule has 0 spiro atoms. The van der Waals surface area contributed by atoms with Crippen molar-refractivity contribution in [3.8, 4) is 0 Å². The molecule has 3 nitrogen and oxygen atoms in total. The molecular formula is C24H47NO2. The van der Waals surface area contributed by atoms with E-state index in [0.29, 0.717) is 12.2 Å². The fourth-order valence-corrected chi connectivity index (χ4v) is 3.46. The molecule has 0 rings (SSSR count). The van der Waals surface area contributed by atoms with Crippen LogP contribution < -0.4 is 0 Å². The molecule has 0 aliphatic carbocycles. The SMILES string of the molecule is C=C(C)C(=O)OCCCCCCCCCCCCCCN(CCC)CCC. The van der Waals surface area contributed by atoms with Crippen molar-refractivity contribution < 1.29 is 9.53 Å². The number of carbonyl (C=O) groups excluding carboxylic acids is 1. The summed E-state index contributed by atoms with van der Waals surface area (Å²) in [5.74, 6) is -0.255. The van der Waals surface area contributed by atoms with Crippen LogP contribution in [0.15, 0.2) is 12.2 Å². The summed E-state index contributed by atoms with van der Waals surface area (Å²) in [5.41, 5.74) is 0.491.